The van der Waals surface area contributed by atoms with E-state index < -0.39 is 6.10 Å². The monoisotopic (exact) mass is 807 g/mol. The van der Waals surface area contributed by atoms with Crippen molar-refractivity contribution in [2.75, 3.05) is 13.2 Å². The first-order chi connectivity index (χ1) is 27.7. The highest BCUT2D eigenvalue weighted by Gasteiger charge is 2.19. The second kappa shape index (κ2) is 44.0. The number of esters is 3. The van der Waals surface area contributed by atoms with Gasteiger partial charge < -0.3 is 14.2 Å². The van der Waals surface area contributed by atoms with Gasteiger partial charge in [-0.15, -0.1) is 0 Å². The molecule has 0 radical (unpaired) electrons. The molecule has 0 spiro atoms. The van der Waals surface area contributed by atoms with Gasteiger partial charge in [0, 0.05) is 19.3 Å². The highest BCUT2D eigenvalue weighted by atomic mass is 16.6. The van der Waals surface area contributed by atoms with Crippen molar-refractivity contribution in [2.45, 2.75) is 285 Å². The average molecular weight is 807 g/mol. The molecule has 0 fully saturated rings. The van der Waals surface area contributed by atoms with Crippen LogP contribution < -0.4 is 0 Å². The van der Waals surface area contributed by atoms with Gasteiger partial charge in [-0.1, -0.05) is 240 Å². The van der Waals surface area contributed by atoms with Crippen molar-refractivity contribution >= 4 is 17.9 Å². The molecule has 0 heterocycles. The lowest BCUT2D eigenvalue weighted by atomic mass is 10.0. The quantitative estimate of drug-likeness (QED) is 0.0346. The van der Waals surface area contributed by atoms with Gasteiger partial charge in [-0.25, -0.2) is 0 Å². The first kappa shape index (κ1) is 55.4. The standard InChI is InChI=1S/C51H98O6/c1-6-7-8-9-10-11-12-14-18-21-26-31-36-41-49(52)55-44-48(45-56-50(53)42-37-32-28-23-25-30-35-40-47(4)5)57-51(54)43-38-33-27-22-19-16-13-15-17-20-24-29-34-39-46(2)3/h46-48H,6-45H2,1-5H3/t48-/m0/s1. The Labute approximate surface area is 355 Å². The van der Waals surface area contributed by atoms with E-state index in [0.29, 0.717) is 19.3 Å². The Kier molecular flexibility index (Phi) is 42.7. The molecular weight excluding hydrogens is 709 g/mol. The lowest BCUT2D eigenvalue weighted by Crippen LogP contribution is -2.30. The van der Waals surface area contributed by atoms with E-state index in [9.17, 15) is 14.4 Å². The maximum Gasteiger partial charge on any atom is 0.306 e. The summed E-state index contributed by atoms with van der Waals surface area (Å²) >= 11 is 0. The van der Waals surface area contributed by atoms with Crippen LogP contribution in [-0.2, 0) is 28.6 Å². The summed E-state index contributed by atoms with van der Waals surface area (Å²) < 4.78 is 16.8. The summed E-state index contributed by atoms with van der Waals surface area (Å²) in [5, 5.41) is 0. The molecule has 0 aliphatic heterocycles. The molecule has 0 aromatic rings. The fourth-order valence-corrected chi connectivity index (χ4v) is 7.64. The van der Waals surface area contributed by atoms with Crippen LogP contribution in [0.3, 0.4) is 0 Å². The van der Waals surface area contributed by atoms with Crippen LogP contribution in [0.4, 0.5) is 0 Å². The van der Waals surface area contributed by atoms with Gasteiger partial charge in [-0.05, 0) is 31.1 Å². The van der Waals surface area contributed by atoms with Crippen LogP contribution in [-0.4, -0.2) is 37.2 Å². The van der Waals surface area contributed by atoms with Gasteiger partial charge in [-0.2, -0.15) is 0 Å². The van der Waals surface area contributed by atoms with Crippen molar-refractivity contribution in [1.29, 1.82) is 0 Å². The van der Waals surface area contributed by atoms with E-state index in [1.165, 1.54) is 167 Å². The summed E-state index contributed by atoms with van der Waals surface area (Å²) in [4.78, 5) is 37.8. The van der Waals surface area contributed by atoms with E-state index >= 15 is 0 Å². The van der Waals surface area contributed by atoms with E-state index in [0.717, 1.165) is 69.6 Å². The lowest BCUT2D eigenvalue weighted by molar-refractivity contribution is -0.167. The third kappa shape index (κ3) is 45.3. The normalized spacial score (nSPS) is 12.1. The largest absolute Gasteiger partial charge is 0.462 e. The van der Waals surface area contributed by atoms with Crippen LogP contribution in [0.2, 0.25) is 0 Å². The van der Waals surface area contributed by atoms with Crippen molar-refractivity contribution in [3.63, 3.8) is 0 Å². The molecule has 0 aliphatic rings. The number of carbonyl (C=O) groups excluding carboxylic acids is 3. The van der Waals surface area contributed by atoms with Crippen LogP contribution in [0.25, 0.3) is 0 Å². The van der Waals surface area contributed by atoms with Gasteiger partial charge in [0.25, 0.3) is 0 Å². The van der Waals surface area contributed by atoms with Crippen LogP contribution in [0, 0.1) is 11.8 Å². The second-order valence-electron chi connectivity index (χ2n) is 18.4. The summed E-state index contributed by atoms with van der Waals surface area (Å²) in [7, 11) is 0. The highest BCUT2D eigenvalue weighted by molar-refractivity contribution is 5.71. The molecule has 6 nitrogen and oxygen atoms in total. The molecule has 0 rings (SSSR count). The van der Waals surface area contributed by atoms with Crippen LogP contribution in [0.5, 0.6) is 0 Å². The first-order valence-electron chi connectivity index (χ1n) is 25.2. The highest BCUT2D eigenvalue weighted by Crippen LogP contribution is 2.17. The van der Waals surface area contributed by atoms with Gasteiger partial charge >= 0.3 is 17.9 Å². The average Bonchev–Trinajstić information content (AvgIpc) is 3.18. The molecule has 0 aliphatic carbocycles. The van der Waals surface area contributed by atoms with E-state index in [-0.39, 0.29) is 31.1 Å². The van der Waals surface area contributed by atoms with Crippen LogP contribution in [0.15, 0.2) is 0 Å². The molecule has 0 N–H and O–H groups in total. The third-order valence-corrected chi connectivity index (χ3v) is 11.5. The molecule has 0 bridgehead atoms. The van der Waals surface area contributed by atoms with Gasteiger partial charge in [0.2, 0.25) is 0 Å². The summed E-state index contributed by atoms with van der Waals surface area (Å²) in [5.74, 6) is 0.767. The van der Waals surface area contributed by atoms with Crippen molar-refractivity contribution < 1.29 is 28.6 Å². The number of carbonyl (C=O) groups is 3. The Morgan fingerprint density at radius 1 is 0.333 bits per heavy atom. The Morgan fingerprint density at radius 3 is 0.860 bits per heavy atom. The summed E-state index contributed by atoms with van der Waals surface area (Å²) in [5.41, 5.74) is 0. The molecule has 0 amide bonds. The van der Waals surface area contributed by atoms with Crippen molar-refractivity contribution in [3.05, 3.63) is 0 Å². The van der Waals surface area contributed by atoms with Gasteiger partial charge in [-0.3, -0.25) is 14.4 Å². The van der Waals surface area contributed by atoms with E-state index in [4.69, 9.17) is 14.2 Å². The molecule has 0 aromatic heterocycles. The summed E-state index contributed by atoms with van der Waals surface area (Å²) in [6.45, 7) is 11.3. The molecule has 57 heavy (non-hydrogen) atoms. The minimum atomic E-state index is -0.761. The number of hydrogen-bond donors (Lipinski definition) is 0. The van der Waals surface area contributed by atoms with Crippen molar-refractivity contribution in [3.8, 4) is 0 Å². The molecule has 0 saturated heterocycles. The molecule has 0 saturated carbocycles. The van der Waals surface area contributed by atoms with Crippen LogP contribution >= 0.6 is 0 Å². The van der Waals surface area contributed by atoms with Crippen molar-refractivity contribution in [2.24, 2.45) is 11.8 Å². The predicted molar refractivity (Wildman–Crippen MR) is 243 cm³/mol. The number of ether oxygens (including phenoxy) is 3. The molecule has 6 heteroatoms. The van der Waals surface area contributed by atoms with Crippen molar-refractivity contribution in [1.82, 2.24) is 0 Å². The number of unbranched alkanes of at least 4 members (excludes halogenated alkanes) is 30. The van der Waals surface area contributed by atoms with E-state index in [2.05, 4.69) is 34.6 Å². The fourth-order valence-electron chi connectivity index (χ4n) is 7.64. The molecule has 0 aromatic carbocycles. The van der Waals surface area contributed by atoms with E-state index in [1.807, 2.05) is 0 Å². The zero-order chi connectivity index (χ0) is 41.9. The third-order valence-electron chi connectivity index (χ3n) is 11.5. The predicted octanol–water partition coefficient (Wildman–Crippen LogP) is 16.1. The Balaban J connectivity index is 4.30. The maximum absolute atomic E-state index is 12.8. The molecule has 338 valence electrons. The Morgan fingerprint density at radius 2 is 0.579 bits per heavy atom. The number of hydrogen-bond acceptors (Lipinski definition) is 6. The van der Waals surface area contributed by atoms with Crippen LogP contribution in [0.1, 0.15) is 279 Å². The SMILES string of the molecule is CCCCCCCCCCCCCCCC(=O)OC[C@@H](COC(=O)CCCCCCCCCC(C)C)OC(=O)CCCCCCCCCCCCCCCC(C)C. The molecule has 1 atom stereocenters. The summed E-state index contributed by atoms with van der Waals surface area (Å²) in [6, 6.07) is 0. The lowest BCUT2D eigenvalue weighted by Gasteiger charge is -2.18. The van der Waals surface area contributed by atoms with Gasteiger partial charge in [0.15, 0.2) is 6.10 Å². The number of rotatable bonds is 45. The second-order valence-corrected chi connectivity index (χ2v) is 18.4. The Hall–Kier alpha value is -1.59. The summed E-state index contributed by atoms with van der Waals surface area (Å²) in [6.07, 6.45) is 43.8. The molecular formula is C51H98O6. The fraction of sp³-hybridized carbons (Fsp3) is 0.941. The van der Waals surface area contributed by atoms with E-state index in [1.54, 1.807) is 0 Å². The Bertz CT molecular complexity index is 870. The maximum atomic E-state index is 12.8. The van der Waals surface area contributed by atoms with Gasteiger partial charge in [0.05, 0.1) is 0 Å². The van der Waals surface area contributed by atoms with Gasteiger partial charge in [0.1, 0.15) is 13.2 Å². The topological polar surface area (TPSA) is 78.9 Å². The smallest absolute Gasteiger partial charge is 0.306 e. The molecule has 0 unspecified atom stereocenters. The minimum Gasteiger partial charge on any atom is -0.462 e. The minimum absolute atomic E-state index is 0.0642. The first-order valence-corrected chi connectivity index (χ1v) is 25.2. The zero-order valence-electron chi connectivity index (χ0n) is 39.0. The zero-order valence-corrected chi connectivity index (χ0v) is 39.0.